The lowest BCUT2D eigenvalue weighted by Gasteiger charge is -2.44. The van der Waals surface area contributed by atoms with E-state index in [1.165, 1.54) is 0 Å². The minimum atomic E-state index is -0.823. The zero-order valence-corrected chi connectivity index (χ0v) is 14.8. The van der Waals surface area contributed by atoms with Crippen LogP contribution in [0.3, 0.4) is 0 Å². The second kappa shape index (κ2) is 6.73. The molecule has 2 aromatic carbocycles. The lowest BCUT2D eigenvalue weighted by Crippen LogP contribution is -2.54. The van der Waals surface area contributed by atoms with Gasteiger partial charge in [-0.05, 0) is 31.9 Å². The summed E-state index contributed by atoms with van der Waals surface area (Å²) in [7, 11) is 0. The van der Waals surface area contributed by atoms with E-state index in [-0.39, 0.29) is 12.6 Å². The van der Waals surface area contributed by atoms with Crippen molar-refractivity contribution >= 4 is 11.5 Å². The number of ether oxygens (including phenoxy) is 1. The van der Waals surface area contributed by atoms with Crippen LogP contribution in [0.2, 0.25) is 0 Å². The molecule has 1 heterocycles. The van der Waals surface area contributed by atoms with Crippen LogP contribution in [0.1, 0.15) is 38.0 Å². The Morgan fingerprint density at radius 3 is 2.20 bits per heavy atom. The van der Waals surface area contributed by atoms with Crippen molar-refractivity contribution in [2.24, 2.45) is 0 Å². The smallest absolute Gasteiger partial charge is 0.261 e. The first-order valence-corrected chi connectivity index (χ1v) is 8.37. The maximum Gasteiger partial charge on any atom is 0.261 e. The number of rotatable bonds is 4. The van der Waals surface area contributed by atoms with Crippen molar-refractivity contribution in [3.63, 3.8) is 0 Å². The number of aliphatic hydroxyl groups is 1. The molecule has 130 valence electrons. The largest absolute Gasteiger partial charge is 0.477 e. The Labute approximate surface area is 148 Å². The summed E-state index contributed by atoms with van der Waals surface area (Å²) in [6.45, 7) is 5.64. The molecule has 0 aromatic heterocycles. The topological polar surface area (TPSA) is 49.8 Å². The van der Waals surface area contributed by atoms with Gasteiger partial charge in [0.2, 0.25) is 0 Å². The molecule has 3 rings (SSSR count). The standard InChI is InChI=1S/C21H23NO3/c1-15-18(16-10-6-4-7-11-16)20(24)22(14-25-15)21(2,3)19(23)17-12-8-5-9-13-17/h4-13,19,23H,14H2,1-3H3. The molecule has 4 heteroatoms. The van der Waals surface area contributed by atoms with Crippen LogP contribution in [0, 0.1) is 0 Å². The summed E-state index contributed by atoms with van der Waals surface area (Å²) in [6.07, 6.45) is -0.823. The zero-order valence-electron chi connectivity index (χ0n) is 14.8. The van der Waals surface area contributed by atoms with E-state index in [9.17, 15) is 9.90 Å². The number of nitrogens with zero attached hydrogens (tertiary/aromatic N) is 1. The molecule has 1 aliphatic rings. The van der Waals surface area contributed by atoms with Crippen LogP contribution in [0.25, 0.3) is 5.57 Å². The second-order valence-electron chi connectivity index (χ2n) is 6.77. The highest BCUT2D eigenvalue weighted by Gasteiger charge is 2.42. The van der Waals surface area contributed by atoms with Crippen molar-refractivity contribution < 1.29 is 14.6 Å². The molecule has 2 aromatic rings. The number of hydrogen-bond donors (Lipinski definition) is 1. The summed E-state index contributed by atoms with van der Waals surface area (Å²) in [5, 5.41) is 10.9. The van der Waals surface area contributed by atoms with Gasteiger partial charge in [-0.2, -0.15) is 0 Å². The molecule has 1 unspecified atom stereocenters. The Hall–Kier alpha value is -2.59. The van der Waals surface area contributed by atoms with E-state index in [4.69, 9.17) is 4.74 Å². The third-order valence-corrected chi connectivity index (χ3v) is 4.76. The van der Waals surface area contributed by atoms with Crippen LogP contribution in [0.5, 0.6) is 0 Å². The van der Waals surface area contributed by atoms with E-state index in [1.54, 1.807) is 11.8 Å². The molecule has 1 amide bonds. The fraction of sp³-hybridized carbons (Fsp3) is 0.286. The number of benzene rings is 2. The molecule has 4 nitrogen and oxygen atoms in total. The first kappa shape index (κ1) is 17.2. The van der Waals surface area contributed by atoms with Gasteiger partial charge in [0.15, 0.2) is 6.73 Å². The van der Waals surface area contributed by atoms with E-state index in [0.29, 0.717) is 11.3 Å². The van der Waals surface area contributed by atoms with E-state index in [1.807, 2.05) is 74.5 Å². The molecule has 0 aliphatic carbocycles. The van der Waals surface area contributed by atoms with Crippen LogP contribution in [-0.4, -0.2) is 28.2 Å². The van der Waals surface area contributed by atoms with Gasteiger partial charge in [0.05, 0.1) is 11.1 Å². The van der Waals surface area contributed by atoms with Gasteiger partial charge in [0.25, 0.3) is 5.91 Å². The average molecular weight is 337 g/mol. The van der Waals surface area contributed by atoms with E-state index in [2.05, 4.69) is 0 Å². The first-order chi connectivity index (χ1) is 11.9. The van der Waals surface area contributed by atoms with E-state index in [0.717, 1.165) is 11.1 Å². The van der Waals surface area contributed by atoms with Crippen molar-refractivity contribution in [2.75, 3.05) is 6.73 Å². The van der Waals surface area contributed by atoms with Gasteiger partial charge in [-0.3, -0.25) is 9.69 Å². The highest BCUT2D eigenvalue weighted by molar-refractivity contribution is 6.20. The number of carbonyl (C=O) groups excluding carboxylic acids is 1. The van der Waals surface area contributed by atoms with Gasteiger partial charge in [0.1, 0.15) is 11.9 Å². The van der Waals surface area contributed by atoms with Gasteiger partial charge >= 0.3 is 0 Å². The molecule has 0 fully saturated rings. The predicted octanol–water partition coefficient (Wildman–Crippen LogP) is 3.75. The maximum absolute atomic E-state index is 13.2. The van der Waals surface area contributed by atoms with Crippen LogP contribution >= 0.6 is 0 Å². The van der Waals surface area contributed by atoms with Gasteiger partial charge < -0.3 is 9.84 Å². The minimum Gasteiger partial charge on any atom is -0.477 e. The monoisotopic (exact) mass is 337 g/mol. The predicted molar refractivity (Wildman–Crippen MR) is 97.3 cm³/mol. The van der Waals surface area contributed by atoms with E-state index < -0.39 is 11.6 Å². The molecule has 0 saturated heterocycles. The van der Waals surface area contributed by atoms with Crippen molar-refractivity contribution in [2.45, 2.75) is 32.4 Å². The maximum atomic E-state index is 13.2. The normalized spacial score (nSPS) is 16.6. The molecule has 1 aliphatic heterocycles. The van der Waals surface area contributed by atoms with Gasteiger partial charge in [-0.1, -0.05) is 60.7 Å². The fourth-order valence-electron chi connectivity index (χ4n) is 3.13. The SMILES string of the molecule is CC1=C(c2ccccc2)C(=O)N(C(C)(C)C(O)c2ccccc2)CO1. The van der Waals surface area contributed by atoms with Gasteiger partial charge in [-0.25, -0.2) is 0 Å². The Morgan fingerprint density at radius 2 is 1.60 bits per heavy atom. The Balaban J connectivity index is 1.94. The van der Waals surface area contributed by atoms with Crippen molar-refractivity contribution in [3.8, 4) is 0 Å². The molecule has 0 radical (unpaired) electrons. The highest BCUT2D eigenvalue weighted by Crippen LogP contribution is 2.36. The van der Waals surface area contributed by atoms with Crippen LogP contribution < -0.4 is 0 Å². The Kier molecular flexibility index (Phi) is 4.64. The third kappa shape index (κ3) is 3.17. The lowest BCUT2D eigenvalue weighted by atomic mass is 9.88. The summed E-state index contributed by atoms with van der Waals surface area (Å²) in [6, 6.07) is 18.9. The highest BCUT2D eigenvalue weighted by atomic mass is 16.5. The molecular weight excluding hydrogens is 314 g/mol. The van der Waals surface area contributed by atoms with Crippen LogP contribution in [-0.2, 0) is 9.53 Å². The summed E-state index contributed by atoms with van der Waals surface area (Å²) in [4.78, 5) is 14.8. The molecule has 1 atom stereocenters. The number of hydrogen-bond acceptors (Lipinski definition) is 3. The third-order valence-electron chi connectivity index (χ3n) is 4.76. The minimum absolute atomic E-state index is 0.123. The number of aliphatic hydroxyl groups excluding tert-OH is 1. The summed E-state index contributed by atoms with van der Waals surface area (Å²) in [5.74, 6) is 0.479. The quantitative estimate of drug-likeness (QED) is 0.924. The van der Waals surface area contributed by atoms with Gasteiger partial charge in [-0.15, -0.1) is 0 Å². The lowest BCUT2D eigenvalue weighted by molar-refractivity contribution is -0.146. The molecule has 0 spiro atoms. The number of allylic oxidation sites excluding steroid dienone is 1. The average Bonchev–Trinajstić information content (AvgIpc) is 2.62. The first-order valence-electron chi connectivity index (χ1n) is 8.37. The van der Waals surface area contributed by atoms with Crippen molar-refractivity contribution in [1.29, 1.82) is 0 Å². The second-order valence-corrected chi connectivity index (χ2v) is 6.77. The number of amides is 1. The van der Waals surface area contributed by atoms with Crippen molar-refractivity contribution in [1.82, 2.24) is 4.90 Å². The van der Waals surface area contributed by atoms with Crippen molar-refractivity contribution in [3.05, 3.63) is 77.5 Å². The summed E-state index contributed by atoms with van der Waals surface area (Å²) < 4.78 is 5.77. The number of carbonyl (C=O) groups is 1. The van der Waals surface area contributed by atoms with Crippen LogP contribution in [0.15, 0.2) is 66.4 Å². The molecule has 0 bridgehead atoms. The molecular formula is C21H23NO3. The van der Waals surface area contributed by atoms with Crippen LogP contribution in [0.4, 0.5) is 0 Å². The molecule has 25 heavy (non-hydrogen) atoms. The molecule has 1 N–H and O–H groups in total. The zero-order chi connectivity index (χ0) is 18.0. The molecule has 0 saturated carbocycles. The Morgan fingerprint density at radius 1 is 1.04 bits per heavy atom. The summed E-state index contributed by atoms with van der Waals surface area (Å²) in [5.41, 5.74) is 1.31. The summed E-state index contributed by atoms with van der Waals surface area (Å²) >= 11 is 0. The Bertz CT molecular complexity index is 781. The van der Waals surface area contributed by atoms with Gasteiger partial charge in [0, 0.05) is 0 Å². The van der Waals surface area contributed by atoms with E-state index >= 15 is 0 Å². The fourth-order valence-corrected chi connectivity index (χ4v) is 3.13.